The number of carbonyl (C=O) groups is 3. The van der Waals surface area contributed by atoms with Crippen LogP contribution in [0.4, 0.5) is 14.9 Å². The van der Waals surface area contributed by atoms with Crippen LogP contribution in [0.15, 0.2) is 18.2 Å². The molecule has 2 aliphatic heterocycles. The number of halogens is 1. The van der Waals surface area contributed by atoms with Crippen LogP contribution in [0.5, 0.6) is 0 Å². The fourth-order valence-corrected chi connectivity index (χ4v) is 4.67. The molecule has 140 valence electrons. The molecule has 8 nitrogen and oxygen atoms in total. The van der Waals surface area contributed by atoms with Crippen LogP contribution < -0.4 is 10.6 Å². The Morgan fingerprint density at radius 2 is 1.96 bits per heavy atom. The second-order valence-corrected chi connectivity index (χ2v) is 8.87. The van der Waals surface area contributed by atoms with Crippen molar-refractivity contribution < 1.29 is 27.2 Å². The standard InChI is InChI=1S/C16H18FN3O5S/c1-10-8-11(17)2-3-12(10)18-13(21)9-20-14(22)16(19-15(20)23)4-6-26(24,25)7-5-16/h2-3,8H,4-7,9H2,1H3,(H,18,21)(H,19,23). The number of rotatable bonds is 3. The molecule has 3 rings (SSSR count). The van der Waals surface area contributed by atoms with Gasteiger partial charge < -0.3 is 10.6 Å². The number of aryl methyl sites for hydroxylation is 1. The van der Waals surface area contributed by atoms with Crippen LogP contribution >= 0.6 is 0 Å². The summed E-state index contributed by atoms with van der Waals surface area (Å²) in [7, 11) is -3.21. The second kappa shape index (κ2) is 6.35. The van der Waals surface area contributed by atoms with Gasteiger partial charge in [0.1, 0.15) is 17.9 Å². The maximum atomic E-state index is 13.1. The summed E-state index contributed by atoms with van der Waals surface area (Å²) in [5, 5.41) is 5.07. The monoisotopic (exact) mass is 383 g/mol. The predicted molar refractivity (Wildman–Crippen MR) is 90.6 cm³/mol. The van der Waals surface area contributed by atoms with Gasteiger partial charge in [-0.15, -0.1) is 0 Å². The SMILES string of the molecule is Cc1cc(F)ccc1NC(=O)CN1C(=O)NC2(CCS(=O)(=O)CC2)C1=O. The second-order valence-electron chi connectivity index (χ2n) is 6.56. The molecular formula is C16H18FN3O5S. The molecule has 1 aromatic carbocycles. The molecule has 10 heteroatoms. The van der Waals surface area contributed by atoms with Gasteiger partial charge in [0.05, 0.1) is 11.5 Å². The molecule has 2 aliphatic rings. The molecule has 1 aromatic rings. The van der Waals surface area contributed by atoms with Crippen molar-refractivity contribution >= 4 is 33.4 Å². The van der Waals surface area contributed by atoms with Crippen molar-refractivity contribution in [2.24, 2.45) is 0 Å². The van der Waals surface area contributed by atoms with Gasteiger partial charge in [0.25, 0.3) is 5.91 Å². The number of anilines is 1. The lowest BCUT2D eigenvalue weighted by molar-refractivity contribution is -0.134. The number of imide groups is 1. The maximum Gasteiger partial charge on any atom is 0.325 e. The number of hydrogen-bond acceptors (Lipinski definition) is 5. The molecule has 2 fully saturated rings. The van der Waals surface area contributed by atoms with E-state index >= 15 is 0 Å². The molecule has 2 saturated heterocycles. The molecular weight excluding hydrogens is 365 g/mol. The lowest BCUT2D eigenvalue weighted by Gasteiger charge is -2.30. The van der Waals surface area contributed by atoms with E-state index in [9.17, 15) is 27.2 Å². The molecule has 0 radical (unpaired) electrons. The molecule has 0 aromatic heterocycles. The van der Waals surface area contributed by atoms with Gasteiger partial charge >= 0.3 is 6.03 Å². The Labute approximate surface area is 149 Å². The van der Waals surface area contributed by atoms with E-state index in [2.05, 4.69) is 10.6 Å². The average molecular weight is 383 g/mol. The van der Waals surface area contributed by atoms with Gasteiger partial charge in [-0.2, -0.15) is 0 Å². The van der Waals surface area contributed by atoms with E-state index in [0.717, 1.165) is 4.90 Å². The third-order valence-electron chi connectivity index (χ3n) is 4.69. The normalized spacial score (nSPS) is 20.9. The highest BCUT2D eigenvalue weighted by atomic mass is 32.2. The first-order valence-electron chi connectivity index (χ1n) is 8.02. The van der Waals surface area contributed by atoms with Crippen molar-refractivity contribution in [3.05, 3.63) is 29.6 Å². The Balaban J connectivity index is 1.69. The molecule has 0 bridgehead atoms. The topological polar surface area (TPSA) is 113 Å². The summed E-state index contributed by atoms with van der Waals surface area (Å²) in [4.78, 5) is 37.7. The van der Waals surface area contributed by atoms with Crippen molar-refractivity contribution in [3.63, 3.8) is 0 Å². The maximum absolute atomic E-state index is 13.1. The van der Waals surface area contributed by atoms with E-state index < -0.39 is 45.6 Å². The number of nitrogens with one attached hydrogen (secondary N) is 2. The number of nitrogens with zero attached hydrogens (tertiary/aromatic N) is 1. The van der Waals surface area contributed by atoms with Gasteiger partial charge in [0.2, 0.25) is 5.91 Å². The summed E-state index contributed by atoms with van der Waals surface area (Å²) < 4.78 is 36.2. The summed E-state index contributed by atoms with van der Waals surface area (Å²) in [5.74, 6) is -2.02. The van der Waals surface area contributed by atoms with E-state index in [0.29, 0.717) is 11.3 Å². The number of carbonyl (C=O) groups excluding carboxylic acids is 3. The lowest BCUT2D eigenvalue weighted by atomic mass is 9.92. The van der Waals surface area contributed by atoms with Crippen molar-refractivity contribution in [1.29, 1.82) is 0 Å². The van der Waals surface area contributed by atoms with E-state index in [1.165, 1.54) is 18.2 Å². The fraction of sp³-hybridized carbons (Fsp3) is 0.438. The van der Waals surface area contributed by atoms with E-state index in [1.807, 2.05) is 0 Å². The van der Waals surface area contributed by atoms with Gasteiger partial charge in [-0.1, -0.05) is 0 Å². The first-order valence-corrected chi connectivity index (χ1v) is 9.85. The zero-order chi connectivity index (χ0) is 19.1. The Morgan fingerprint density at radius 1 is 1.31 bits per heavy atom. The van der Waals surface area contributed by atoms with Crippen LogP contribution in [0.3, 0.4) is 0 Å². The largest absolute Gasteiger partial charge is 0.325 e. The zero-order valence-corrected chi connectivity index (χ0v) is 14.9. The highest BCUT2D eigenvalue weighted by Gasteiger charge is 2.53. The minimum Gasteiger partial charge on any atom is -0.324 e. The van der Waals surface area contributed by atoms with Gasteiger partial charge in [0.15, 0.2) is 9.84 Å². The summed E-state index contributed by atoms with van der Waals surface area (Å²) in [6, 6.07) is 3.11. The smallest absolute Gasteiger partial charge is 0.324 e. The van der Waals surface area contributed by atoms with Crippen molar-refractivity contribution in [2.75, 3.05) is 23.4 Å². The lowest BCUT2D eigenvalue weighted by Crippen LogP contribution is -2.52. The first kappa shape index (κ1) is 18.3. The number of sulfone groups is 1. The minimum atomic E-state index is -3.21. The third kappa shape index (κ3) is 3.41. The Bertz CT molecular complexity index is 885. The molecule has 0 atom stereocenters. The fourth-order valence-electron chi connectivity index (χ4n) is 3.15. The molecule has 0 unspecified atom stereocenters. The molecule has 1 spiro atoms. The van der Waals surface area contributed by atoms with Crippen LogP contribution in [0.25, 0.3) is 0 Å². The predicted octanol–water partition coefficient (Wildman–Crippen LogP) is 0.572. The Kier molecular flexibility index (Phi) is 4.47. The highest BCUT2D eigenvalue weighted by molar-refractivity contribution is 7.91. The van der Waals surface area contributed by atoms with Crippen molar-refractivity contribution in [2.45, 2.75) is 25.3 Å². The molecule has 2 N–H and O–H groups in total. The summed E-state index contributed by atoms with van der Waals surface area (Å²) in [5.41, 5.74) is -0.375. The molecule has 26 heavy (non-hydrogen) atoms. The molecule has 0 aliphatic carbocycles. The summed E-state index contributed by atoms with van der Waals surface area (Å²) in [6.45, 7) is 1.11. The molecule has 0 saturated carbocycles. The van der Waals surface area contributed by atoms with Gasteiger partial charge in [-0.05, 0) is 43.5 Å². The van der Waals surface area contributed by atoms with Crippen LogP contribution in [0.2, 0.25) is 0 Å². The average Bonchev–Trinajstić information content (AvgIpc) is 2.78. The first-order chi connectivity index (χ1) is 12.1. The Morgan fingerprint density at radius 3 is 2.58 bits per heavy atom. The summed E-state index contributed by atoms with van der Waals surface area (Å²) in [6.07, 6.45) is -0.00973. The van der Waals surface area contributed by atoms with E-state index in [4.69, 9.17) is 0 Å². The zero-order valence-electron chi connectivity index (χ0n) is 14.0. The number of hydrogen-bond donors (Lipinski definition) is 2. The van der Waals surface area contributed by atoms with Gasteiger partial charge in [0, 0.05) is 5.69 Å². The number of amides is 4. The van der Waals surface area contributed by atoms with Crippen molar-refractivity contribution in [1.82, 2.24) is 10.2 Å². The van der Waals surface area contributed by atoms with Gasteiger partial charge in [-0.25, -0.2) is 17.6 Å². The van der Waals surface area contributed by atoms with E-state index in [1.54, 1.807) is 6.92 Å². The number of benzene rings is 1. The minimum absolute atomic E-state index is 0.00487. The van der Waals surface area contributed by atoms with E-state index in [-0.39, 0.29) is 24.3 Å². The van der Waals surface area contributed by atoms with Crippen molar-refractivity contribution in [3.8, 4) is 0 Å². The van der Waals surface area contributed by atoms with Crippen LogP contribution in [0.1, 0.15) is 18.4 Å². The van der Waals surface area contributed by atoms with Gasteiger partial charge in [-0.3, -0.25) is 14.5 Å². The quantitative estimate of drug-likeness (QED) is 0.741. The highest BCUT2D eigenvalue weighted by Crippen LogP contribution is 2.30. The molecule has 4 amide bonds. The molecule has 2 heterocycles. The summed E-state index contributed by atoms with van der Waals surface area (Å²) >= 11 is 0. The third-order valence-corrected chi connectivity index (χ3v) is 6.34. The van der Waals surface area contributed by atoms with Crippen LogP contribution in [-0.2, 0) is 19.4 Å². The Hall–Kier alpha value is -2.49. The van der Waals surface area contributed by atoms with Crippen LogP contribution in [0, 0.1) is 12.7 Å². The number of urea groups is 1. The van der Waals surface area contributed by atoms with Crippen LogP contribution in [-0.4, -0.2) is 54.8 Å².